The molecule has 2 bridgehead atoms. The first-order chi connectivity index (χ1) is 29.3. The Balaban J connectivity index is 1.39. The summed E-state index contributed by atoms with van der Waals surface area (Å²) in [6.45, 7) is 8.03. The van der Waals surface area contributed by atoms with Crippen LogP contribution in [0.5, 0.6) is 0 Å². The lowest BCUT2D eigenvalue weighted by Gasteiger charge is -2.67. The van der Waals surface area contributed by atoms with Gasteiger partial charge in [0.25, 0.3) is 0 Å². The lowest BCUT2D eigenvalue weighted by atomic mass is 9.44. The molecule has 3 aromatic rings. The molecule has 2 unspecified atom stereocenters. The number of fused-ring (bicyclic) bond motifs is 5. The third kappa shape index (κ3) is 7.43. The topological polar surface area (TPSA) is 224 Å². The van der Waals surface area contributed by atoms with Gasteiger partial charge in [0.15, 0.2) is 23.6 Å². The Hall–Kier alpha value is -5.29. The standard InChI is InChI=1S/C47H53NO14/c1-25-31(60-43(56)36(52)35(28-16-10-7-11-17-28)48-41(54)29-18-12-8-13-19-29)23-47(57)40(61-42(55)30-20-14-9-15-21-30)38-45(6,32(51)22-33-46(38,24-58-33)62-27(3)50)39(53)37(59-26(2)49)34(25)44(47,4)5/h7-21,31-33,35-38,40-41,48,51-52,54,57H,22-24H2,1-6H3/t31-,32-,33+,35-,36+,37+,38?,40-,41?,45+,46-,47+/m0/s1. The number of aliphatic hydroxyl groups excluding tert-OH is 3. The van der Waals surface area contributed by atoms with Crippen molar-refractivity contribution in [2.24, 2.45) is 16.7 Å². The summed E-state index contributed by atoms with van der Waals surface area (Å²) >= 11 is 0. The number of rotatable bonds is 11. The normalized spacial score (nSPS) is 32.5. The summed E-state index contributed by atoms with van der Waals surface area (Å²) in [5, 5.41) is 51.7. The number of hydrogen-bond acceptors (Lipinski definition) is 15. The van der Waals surface area contributed by atoms with E-state index >= 15 is 4.79 Å². The summed E-state index contributed by atoms with van der Waals surface area (Å²) in [5.74, 6) is -6.16. The Morgan fingerprint density at radius 2 is 1.40 bits per heavy atom. The second-order valence-electron chi connectivity index (χ2n) is 17.5. The van der Waals surface area contributed by atoms with Crippen LogP contribution >= 0.6 is 0 Å². The van der Waals surface area contributed by atoms with Crippen molar-refractivity contribution < 1.29 is 68.1 Å². The molecule has 0 aromatic heterocycles. The number of aliphatic hydroxyl groups is 4. The second kappa shape index (κ2) is 16.8. The van der Waals surface area contributed by atoms with E-state index < -0.39 is 113 Å². The maximum absolute atomic E-state index is 15.5. The third-order valence-electron chi connectivity index (χ3n) is 13.6. The lowest BCUT2D eigenvalue weighted by Crippen LogP contribution is -2.82. The monoisotopic (exact) mass is 855 g/mol. The zero-order chi connectivity index (χ0) is 44.9. The Labute approximate surface area is 359 Å². The number of benzene rings is 3. The molecule has 15 heteroatoms. The van der Waals surface area contributed by atoms with E-state index in [4.69, 9.17) is 23.7 Å². The van der Waals surface area contributed by atoms with Crippen molar-refractivity contribution >= 4 is 29.7 Å². The molecular formula is C47H53NO14. The van der Waals surface area contributed by atoms with E-state index in [2.05, 4.69) is 5.32 Å². The van der Waals surface area contributed by atoms with E-state index in [0.29, 0.717) is 11.1 Å². The van der Waals surface area contributed by atoms with Gasteiger partial charge in [-0.15, -0.1) is 0 Å². The molecule has 62 heavy (non-hydrogen) atoms. The van der Waals surface area contributed by atoms with Crippen molar-refractivity contribution in [2.45, 2.75) is 114 Å². The number of ether oxygens (including phenoxy) is 5. The van der Waals surface area contributed by atoms with Gasteiger partial charge < -0.3 is 44.1 Å². The van der Waals surface area contributed by atoms with Crippen molar-refractivity contribution in [3.63, 3.8) is 0 Å². The first kappa shape index (κ1) is 44.8. The van der Waals surface area contributed by atoms with Crippen molar-refractivity contribution in [3.05, 3.63) is 119 Å². The number of carbonyl (C=O) groups is 5. The lowest BCUT2D eigenvalue weighted by molar-refractivity contribution is -0.346. The summed E-state index contributed by atoms with van der Waals surface area (Å²) in [4.78, 5) is 70.1. The largest absolute Gasteiger partial charge is 0.456 e. The van der Waals surface area contributed by atoms with E-state index in [1.54, 1.807) is 92.7 Å². The van der Waals surface area contributed by atoms with Crippen molar-refractivity contribution in [1.82, 2.24) is 5.32 Å². The molecule has 3 aromatic carbocycles. The average Bonchev–Trinajstić information content (AvgIpc) is 3.24. The summed E-state index contributed by atoms with van der Waals surface area (Å²) in [7, 11) is 0. The fourth-order valence-corrected chi connectivity index (χ4v) is 10.3. The Bertz CT molecular complexity index is 2230. The van der Waals surface area contributed by atoms with E-state index in [1.807, 2.05) is 0 Å². The van der Waals surface area contributed by atoms with Crippen LogP contribution in [0.25, 0.3) is 0 Å². The van der Waals surface area contributed by atoms with Gasteiger partial charge in [-0.25, -0.2) is 9.59 Å². The van der Waals surface area contributed by atoms with Gasteiger partial charge in [0.1, 0.15) is 30.1 Å². The molecule has 1 saturated heterocycles. The van der Waals surface area contributed by atoms with Gasteiger partial charge in [0.05, 0.1) is 35.6 Å². The van der Waals surface area contributed by atoms with Crippen LogP contribution in [0.3, 0.4) is 0 Å². The quantitative estimate of drug-likeness (QED) is 0.0805. The molecule has 1 heterocycles. The zero-order valence-electron chi connectivity index (χ0n) is 35.3. The minimum absolute atomic E-state index is 0.0112. The summed E-state index contributed by atoms with van der Waals surface area (Å²) < 4.78 is 30.3. The number of ketones is 1. The van der Waals surface area contributed by atoms with Crippen LogP contribution in [-0.4, -0.2) is 105 Å². The smallest absolute Gasteiger partial charge is 0.338 e. The van der Waals surface area contributed by atoms with E-state index in [-0.39, 0.29) is 29.7 Å². The van der Waals surface area contributed by atoms with Gasteiger partial charge in [-0.05, 0) is 48.3 Å². The predicted molar refractivity (Wildman–Crippen MR) is 218 cm³/mol. The average molecular weight is 856 g/mol. The van der Waals surface area contributed by atoms with Crippen LogP contribution in [0.2, 0.25) is 0 Å². The molecular weight excluding hydrogens is 803 g/mol. The van der Waals surface area contributed by atoms with E-state index in [9.17, 15) is 39.6 Å². The molecule has 1 aliphatic heterocycles. The number of carbonyl (C=O) groups excluding carboxylic acids is 5. The zero-order valence-corrected chi connectivity index (χ0v) is 35.3. The van der Waals surface area contributed by atoms with Gasteiger partial charge in [-0.1, -0.05) is 92.7 Å². The second-order valence-corrected chi connectivity index (χ2v) is 17.5. The number of nitrogens with one attached hydrogen (secondary N) is 1. The molecule has 3 aliphatic carbocycles. The highest BCUT2D eigenvalue weighted by Crippen LogP contribution is 2.64. The van der Waals surface area contributed by atoms with Crippen LogP contribution < -0.4 is 5.32 Å². The van der Waals surface area contributed by atoms with Crippen LogP contribution in [-0.2, 0) is 42.9 Å². The highest BCUT2D eigenvalue weighted by molar-refractivity contribution is 5.95. The molecule has 3 fully saturated rings. The Morgan fingerprint density at radius 1 is 0.823 bits per heavy atom. The molecule has 4 aliphatic rings. The van der Waals surface area contributed by atoms with Crippen LogP contribution in [0.1, 0.15) is 88.1 Å². The van der Waals surface area contributed by atoms with Gasteiger partial charge in [0, 0.05) is 32.1 Å². The first-order valence-corrected chi connectivity index (χ1v) is 20.6. The van der Waals surface area contributed by atoms with E-state index in [1.165, 1.54) is 26.0 Å². The van der Waals surface area contributed by atoms with Crippen LogP contribution in [0, 0.1) is 16.7 Å². The fraction of sp³-hybridized carbons (Fsp3) is 0.468. The first-order valence-electron chi connectivity index (χ1n) is 20.6. The molecule has 2 saturated carbocycles. The maximum atomic E-state index is 15.5. The maximum Gasteiger partial charge on any atom is 0.338 e. The minimum Gasteiger partial charge on any atom is -0.456 e. The SMILES string of the molecule is CC(=O)O[C@H]1C(=O)[C@@]2(C)C([C@H](OC(=O)c3ccccc3)[C@]3(O)C[C@H](OC(=O)[C@H](O)[C@@H](NC(O)c4ccccc4)c4ccccc4)C(C)=C1C3(C)C)[C@]1(OC(C)=O)CO[C@@H]1C[C@@H]2O. The molecule has 7 rings (SSSR count). The molecule has 12 atom stereocenters. The number of Topliss-reactive ketones (excluding diaryl/α,β-unsaturated/α-hetero) is 1. The summed E-state index contributed by atoms with van der Waals surface area (Å²) in [5.41, 5.74) is -6.68. The van der Waals surface area contributed by atoms with Gasteiger partial charge >= 0.3 is 23.9 Å². The minimum atomic E-state index is -2.38. The van der Waals surface area contributed by atoms with Gasteiger partial charge in [0.2, 0.25) is 0 Å². The van der Waals surface area contributed by atoms with Crippen LogP contribution in [0.4, 0.5) is 0 Å². The molecule has 0 spiro atoms. The molecule has 15 nitrogen and oxygen atoms in total. The molecule has 0 amide bonds. The van der Waals surface area contributed by atoms with E-state index in [0.717, 1.165) is 13.8 Å². The fourth-order valence-electron chi connectivity index (χ4n) is 10.3. The van der Waals surface area contributed by atoms with Crippen molar-refractivity contribution in [2.75, 3.05) is 6.61 Å². The highest BCUT2D eigenvalue weighted by atomic mass is 16.6. The van der Waals surface area contributed by atoms with Gasteiger partial charge in [-0.2, -0.15) is 0 Å². The Morgan fingerprint density at radius 3 is 1.95 bits per heavy atom. The number of esters is 4. The molecule has 5 N–H and O–H groups in total. The highest BCUT2D eigenvalue weighted by Gasteiger charge is 2.78. The van der Waals surface area contributed by atoms with Crippen molar-refractivity contribution in [3.8, 4) is 0 Å². The predicted octanol–water partition coefficient (Wildman–Crippen LogP) is 3.59. The van der Waals surface area contributed by atoms with Crippen LogP contribution in [0.15, 0.2) is 102 Å². The molecule has 0 radical (unpaired) electrons. The number of hydrogen-bond donors (Lipinski definition) is 5. The van der Waals surface area contributed by atoms with Crippen molar-refractivity contribution in [1.29, 1.82) is 0 Å². The Kier molecular flexibility index (Phi) is 12.1. The summed E-state index contributed by atoms with van der Waals surface area (Å²) in [6, 6.07) is 23.6. The van der Waals surface area contributed by atoms with Gasteiger partial charge in [-0.3, -0.25) is 19.7 Å². The molecule has 330 valence electrons. The summed E-state index contributed by atoms with van der Waals surface area (Å²) in [6.07, 6.45) is -11.7. The third-order valence-corrected chi connectivity index (χ3v) is 13.6.